The van der Waals surface area contributed by atoms with Gasteiger partial charge in [-0.05, 0) is 13.0 Å². The molecule has 0 spiro atoms. The Hall–Kier alpha value is -0.0800. The van der Waals surface area contributed by atoms with Crippen LogP contribution in [0.4, 0.5) is 0 Å². The monoisotopic (exact) mass is 129 g/mol. The minimum atomic E-state index is 0.722. The average molecular weight is 129 g/mol. The first-order valence-electron chi connectivity index (χ1n) is 3.61. The average Bonchev–Trinajstić information content (AvgIpc) is 1.82. The van der Waals surface area contributed by atoms with E-state index in [2.05, 4.69) is 11.8 Å². The van der Waals surface area contributed by atoms with E-state index in [-0.39, 0.29) is 0 Å². The second-order valence-corrected chi connectivity index (χ2v) is 2.53. The normalized spacial score (nSPS) is 28.0. The number of rotatable bonds is 3. The van der Waals surface area contributed by atoms with Crippen LogP contribution in [0.5, 0.6) is 0 Å². The van der Waals surface area contributed by atoms with E-state index in [9.17, 15) is 0 Å². The highest BCUT2D eigenvalue weighted by Gasteiger charge is 2.25. The van der Waals surface area contributed by atoms with Gasteiger partial charge in [0, 0.05) is 19.7 Å². The fraction of sp³-hybridized carbons (Fsp3) is 1.00. The van der Waals surface area contributed by atoms with Gasteiger partial charge in [-0.1, -0.05) is 6.92 Å². The Labute approximate surface area is 56.8 Å². The van der Waals surface area contributed by atoms with E-state index in [1.54, 1.807) is 7.11 Å². The number of methoxy groups -OCH3 is 1. The van der Waals surface area contributed by atoms with Crippen molar-refractivity contribution >= 4 is 0 Å². The summed E-state index contributed by atoms with van der Waals surface area (Å²) in [5.74, 6) is 0. The van der Waals surface area contributed by atoms with Crippen LogP contribution >= 0.6 is 0 Å². The third-order valence-corrected chi connectivity index (χ3v) is 2.03. The molecule has 0 aromatic heterocycles. The summed E-state index contributed by atoms with van der Waals surface area (Å²) >= 11 is 0. The van der Waals surface area contributed by atoms with Crippen molar-refractivity contribution in [1.82, 2.24) is 4.90 Å². The van der Waals surface area contributed by atoms with Crippen LogP contribution in [-0.4, -0.2) is 37.7 Å². The Bertz CT molecular complexity index is 83.0. The van der Waals surface area contributed by atoms with Crippen molar-refractivity contribution in [2.24, 2.45) is 0 Å². The van der Waals surface area contributed by atoms with E-state index in [1.165, 1.54) is 19.5 Å². The fourth-order valence-electron chi connectivity index (χ4n) is 1.29. The molecule has 2 nitrogen and oxygen atoms in total. The van der Waals surface area contributed by atoms with Gasteiger partial charge in [-0.2, -0.15) is 0 Å². The van der Waals surface area contributed by atoms with Crippen LogP contribution in [0.3, 0.4) is 0 Å². The largest absolute Gasteiger partial charge is 0.383 e. The molecular weight excluding hydrogens is 114 g/mol. The van der Waals surface area contributed by atoms with Crippen molar-refractivity contribution < 1.29 is 4.74 Å². The molecule has 54 valence electrons. The second-order valence-electron chi connectivity index (χ2n) is 2.53. The third-order valence-electron chi connectivity index (χ3n) is 2.03. The van der Waals surface area contributed by atoms with Crippen LogP contribution in [0.15, 0.2) is 0 Å². The first kappa shape index (κ1) is 7.03. The standard InChI is InChI=1S/C7H15NO/c1-3-8-5-4-7(8)6-9-2/h7H,3-6H2,1-2H3/t7-/m1/s1. The van der Waals surface area contributed by atoms with Crippen LogP contribution in [-0.2, 0) is 4.74 Å². The fourth-order valence-corrected chi connectivity index (χ4v) is 1.29. The van der Waals surface area contributed by atoms with E-state index in [0.717, 1.165) is 12.6 Å². The maximum atomic E-state index is 5.04. The summed E-state index contributed by atoms with van der Waals surface area (Å²) in [6.07, 6.45) is 1.32. The minimum absolute atomic E-state index is 0.722. The summed E-state index contributed by atoms with van der Waals surface area (Å²) in [4.78, 5) is 2.43. The molecule has 2 heteroatoms. The van der Waals surface area contributed by atoms with Crippen molar-refractivity contribution in [3.63, 3.8) is 0 Å². The van der Waals surface area contributed by atoms with Gasteiger partial charge in [0.15, 0.2) is 0 Å². The summed E-state index contributed by atoms with van der Waals surface area (Å²) in [6.45, 7) is 5.55. The quantitative estimate of drug-likeness (QED) is 0.557. The highest BCUT2D eigenvalue weighted by molar-refractivity contribution is 4.80. The summed E-state index contributed by atoms with van der Waals surface area (Å²) in [5, 5.41) is 0. The molecule has 1 atom stereocenters. The number of nitrogens with zero attached hydrogens (tertiary/aromatic N) is 1. The molecule has 0 bridgehead atoms. The Kier molecular flexibility index (Phi) is 2.49. The van der Waals surface area contributed by atoms with Gasteiger partial charge in [-0.15, -0.1) is 0 Å². The first-order valence-corrected chi connectivity index (χ1v) is 3.61. The van der Waals surface area contributed by atoms with Gasteiger partial charge in [0.2, 0.25) is 0 Å². The molecule has 1 saturated heterocycles. The molecule has 0 unspecified atom stereocenters. The molecule has 9 heavy (non-hydrogen) atoms. The molecule has 0 aromatic carbocycles. The zero-order valence-corrected chi connectivity index (χ0v) is 6.26. The lowest BCUT2D eigenvalue weighted by Gasteiger charge is -2.39. The third kappa shape index (κ3) is 1.43. The topological polar surface area (TPSA) is 12.5 Å². The van der Waals surface area contributed by atoms with E-state index in [0.29, 0.717) is 0 Å². The second kappa shape index (κ2) is 3.18. The van der Waals surface area contributed by atoms with E-state index >= 15 is 0 Å². The lowest BCUT2D eigenvalue weighted by atomic mass is 10.1. The van der Waals surface area contributed by atoms with Gasteiger partial charge < -0.3 is 4.74 Å². The molecule has 0 radical (unpaired) electrons. The van der Waals surface area contributed by atoms with Crippen LogP contribution in [0, 0.1) is 0 Å². The molecule has 1 heterocycles. The highest BCUT2D eigenvalue weighted by Crippen LogP contribution is 2.15. The molecule has 0 amide bonds. The van der Waals surface area contributed by atoms with Gasteiger partial charge in [0.25, 0.3) is 0 Å². The lowest BCUT2D eigenvalue weighted by Crippen LogP contribution is -2.49. The highest BCUT2D eigenvalue weighted by atomic mass is 16.5. The number of hydrogen-bond acceptors (Lipinski definition) is 2. The smallest absolute Gasteiger partial charge is 0.0618 e. The zero-order valence-electron chi connectivity index (χ0n) is 6.26. The van der Waals surface area contributed by atoms with Gasteiger partial charge in [-0.3, -0.25) is 4.90 Å². The van der Waals surface area contributed by atoms with Crippen LogP contribution in [0.2, 0.25) is 0 Å². The number of ether oxygens (including phenoxy) is 1. The summed E-state index contributed by atoms with van der Waals surface area (Å²) in [6, 6.07) is 0.722. The van der Waals surface area contributed by atoms with Gasteiger partial charge in [0.1, 0.15) is 0 Å². The Morgan fingerprint density at radius 3 is 2.78 bits per heavy atom. The lowest BCUT2D eigenvalue weighted by molar-refractivity contribution is 0.0279. The van der Waals surface area contributed by atoms with Crippen LogP contribution in [0.25, 0.3) is 0 Å². The van der Waals surface area contributed by atoms with Crippen LogP contribution in [0.1, 0.15) is 13.3 Å². The SMILES string of the molecule is CCN1CC[C@@H]1COC. The molecule has 1 fully saturated rings. The zero-order chi connectivity index (χ0) is 6.69. The predicted molar refractivity (Wildman–Crippen MR) is 37.5 cm³/mol. The van der Waals surface area contributed by atoms with Crippen molar-refractivity contribution in [1.29, 1.82) is 0 Å². The molecular formula is C7H15NO. The Morgan fingerprint density at radius 1 is 1.67 bits per heavy atom. The maximum absolute atomic E-state index is 5.04. The molecule has 0 aliphatic carbocycles. The molecule has 1 aliphatic rings. The predicted octanol–water partition coefficient (Wildman–Crippen LogP) is 0.727. The minimum Gasteiger partial charge on any atom is -0.383 e. The summed E-state index contributed by atoms with van der Waals surface area (Å²) < 4.78 is 5.04. The number of likely N-dealkylation sites (N-methyl/N-ethyl adjacent to an activating group) is 1. The van der Waals surface area contributed by atoms with Gasteiger partial charge in [0.05, 0.1) is 6.61 Å². The van der Waals surface area contributed by atoms with Gasteiger partial charge >= 0.3 is 0 Å². The van der Waals surface area contributed by atoms with Crippen molar-refractivity contribution in [3.05, 3.63) is 0 Å². The Balaban J connectivity index is 2.11. The number of likely N-dealkylation sites (tertiary alicyclic amines) is 1. The van der Waals surface area contributed by atoms with Crippen molar-refractivity contribution in [2.45, 2.75) is 19.4 Å². The maximum Gasteiger partial charge on any atom is 0.0618 e. The van der Waals surface area contributed by atoms with Crippen LogP contribution < -0.4 is 0 Å². The molecule has 0 aromatic rings. The summed E-state index contributed by atoms with van der Waals surface area (Å²) in [5.41, 5.74) is 0. The molecule has 1 rings (SSSR count). The van der Waals surface area contributed by atoms with Crippen molar-refractivity contribution in [2.75, 3.05) is 26.8 Å². The van der Waals surface area contributed by atoms with Crippen molar-refractivity contribution in [3.8, 4) is 0 Å². The van der Waals surface area contributed by atoms with Gasteiger partial charge in [-0.25, -0.2) is 0 Å². The van der Waals surface area contributed by atoms with E-state index in [1.807, 2.05) is 0 Å². The summed E-state index contributed by atoms with van der Waals surface area (Å²) in [7, 11) is 1.77. The molecule has 0 N–H and O–H groups in total. The number of hydrogen-bond donors (Lipinski definition) is 0. The Morgan fingerprint density at radius 2 is 2.44 bits per heavy atom. The first-order chi connectivity index (χ1) is 4.38. The van der Waals surface area contributed by atoms with E-state index < -0.39 is 0 Å². The molecule has 0 saturated carbocycles. The molecule has 1 aliphatic heterocycles. The van der Waals surface area contributed by atoms with E-state index in [4.69, 9.17) is 4.74 Å².